The lowest BCUT2D eigenvalue weighted by Gasteiger charge is -2.13. The Morgan fingerprint density at radius 1 is 0.179 bits per heavy atom. The number of benzene rings is 12. The lowest BCUT2D eigenvalue weighted by atomic mass is 9.91. The highest BCUT2D eigenvalue weighted by atomic mass is 16.3. The van der Waals surface area contributed by atoms with Gasteiger partial charge in [0.05, 0.1) is 0 Å². The lowest BCUT2D eigenvalue weighted by molar-refractivity contribution is 0.670. The van der Waals surface area contributed by atoms with Crippen LogP contribution in [0.15, 0.2) is 259 Å². The van der Waals surface area contributed by atoms with Gasteiger partial charge in [0.1, 0.15) is 11.2 Å². The largest absolute Gasteiger partial charge is 0.455 e. The second kappa shape index (κ2) is 16.0. The quantitative estimate of drug-likeness (QED) is 0.146. The van der Waals surface area contributed by atoms with Crippen LogP contribution in [0.2, 0.25) is 0 Å². The van der Waals surface area contributed by atoms with E-state index in [1.165, 1.54) is 99.1 Å². The average Bonchev–Trinajstić information content (AvgIpc) is 3.80. The fraction of sp³-hybridized carbons (Fsp3) is 0. The molecule has 1 nitrogen and oxygen atoms in total. The van der Waals surface area contributed by atoms with E-state index in [1.54, 1.807) is 0 Å². The van der Waals surface area contributed by atoms with Crippen LogP contribution in [0.3, 0.4) is 0 Å². The molecule has 0 radical (unpaired) electrons. The Hall–Kier alpha value is -8.78. The van der Waals surface area contributed by atoms with Crippen LogP contribution >= 0.6 is 0 Å². The van der Waals surface area contributed by atoms with Crippen LogP contribution in [0.4, 0.5) is 0 Å². The molecule has 12 aromatic carbocycles. The van der Waals surface area contributed by atoms with E-state index in [4.69, 9.17) is 4.42 Å². The van der Waals surface area contributed by atoms with Gasteiger partial charge in [-0.15, -0.1) is 0 Å². The third kappa shape index (κ3) is 6.88. The molecule has 0 aliphatic rings. The normalized spacial score (nSPS) is 11.6. The first-order chi connectivity index (χ1) is 33.2. The molecule has 0 spiro atoms. The van der Waals surface area contributed by atoms with Gasteiger partial charge in [0.25, 0.3) is 0 Å². The summed E-state index contributed by atoms with van der Waals surface area (Å²) in [5.74, 6) is 0. The van der Waals surface area contributed by atoms with Crippen molar-refractivity contribution in [3.8, 4) is 77.9 Å². The van der Waals surface area contributed by atoms with Gasteiger partial charge in [-0.2, -0.15) is 0 Å². The predicted molar refractivity (Wildman–Crippen MR) is 284 cm³/mol. The topological polar surface area (TPSA) is 13.1 Å². The Morgan fingerprint density at radius 2 is 0.493 bits per heavy atom. The van der Waals surface area contributed by atoms with Gasteiger partial charge in [0, 0.05) is 16.3 Å². The maximum Gasteiger partial charge on any atom is 0.143 e. The lowest BCUT2D eigenvalue weighted by Crippen LogP contribution is -1.86. The summed E-state index contributed by atoms with van der Waals surface area (Å²) >= 11 is 0. The van der Waals surface area contributed by atoms with Crippen molar-refractivity contribution >= 4 is 54.3 Å². The number of hydrogen-bond donors (Lipinski definition) is 0. The van der Waals surface area contributed by atoms with Crippen LogP contribution in [-0.4, -0.2) is 0 Å². The van der Waals surface area contributed by atoms with Crippen molar-refractivity contribution in [2.24, 2.45) is 0 Å². The highest BCUT2D eigenvalue weighted by Crippen LogP contribution is 2.40. The van der Waals surface area contributed by atoms with Gasteiger partial charge in [0.15, 0.2) is 0 Å². The number of fused-ring (bicyclic) bond motifs is 9. The Labute approximate surface area is 389 Å². The maximum atomic E-state index is 6.40. The van der Waals surface area contributed by atoms with Crippen molar-refractivity contribution in [2.45, 2.75) is 0 Å². The summed E-state index contributed by atoms with van der Waals surface area (Å²) in [5, 5.41) is 10.1. The second-order valence-corrected chi connectivity index (χ2v) is 17.6. The third-order valence-corrected chi connectivity index (χ3v) is 13.7. The summed E-state index contributed by atoms with van der Waals surface area (Å²) in [7, 11) is 0. The zero-order valence-electron chi connectivity index (χ0n) is 36.7. The molecule has 13 rings (SSSR count). The zero-order valence-corrected chi connectivity index (χ0v) is 36.7. The van der Waals surface area contributed by atoms with E-state index in [1.807, 2.05) is 12.1 Å². The molecule has 0 bridgehead atoms. The number of hydrogen-bond acceptors (Lipinski definition) is 1. The van der Waals surface area contributed by atoms with Crippen LogP contribution < -0.4 is 0 Å². The summed E-state index contributed by atoms with van der Waals surface area (Å²) in [5.41, 5.74) is 18.4. The predicted octanol–water partition coefficient (Wildman–Crippen LogP) is 18.7. The molecular weight excluding hydrogens is 809 g/mol. The minimum Gasteiger partial charge on any atom is -0.455 e. The second-order valence-electron chi connectivity index (χ2n) is 17.6. The SMILES string of the molecule is c1cc(-c2ccc(-c3cccc(-c4ccc5c6ccccc6c6ccccc6c5c4)c3)cc2)cc(-c2cccc(-c3cccc(-c4cccc(-c5cccc6c5oc5ccccc56)c4)c3)c2)c1. The standard InChI is InChI=1S/C66H42O/c1-2-25-59-57(23-1)58-24-3-4-26-60(58)64-42-54(35-36-61(59)64)52-20-8-14-46(38-52)44-33-31-43(32-34-44)45-13-7-15-47(37-45)48-16-9-17-49(39-48)50-18-10-19-51(40-50)53-21-11-22-55(41-53)56-28-12-29-63-62-27-5-6-30-65(62)67-66(56)63/h1-42H. The number of rotatable bonds is 7. The van der Waals surface area contributed by atoms with Crippen molar-refractivity contribution in [1.82, 2.24) is 0 Å². The molecule has 1 heteroatoms. The van der Waals surface area contributed by atoms with Gasteiger partial charge in [-0.05, 0) is 147 Å². The number of para-hydroxylation sites is 2. The summed E-state index contributed by atoms with van der Waals surface area (Å²) < 4.78 is 6.40. The van der Waals surface area contributed by atoms with Crippen molar-refractivity contribution in [2.75, 3.05) is 0 Å². The third-order valence-electron chi connectivity index (χ3n) is 13.7. The van der Waals surface area contributed by atoms with E-state index in [9.17, 15) is 0 Å². The van der Waals surface area contributed by atoms with Gasteiger partial charge < -0.3 is 4.42 Å². The number of furan rings is 1. The summed E-state index contributed by atoms with van der Waals surface area (Å²) in [4.78, 5) is 0. The van der Waals surface area contributed by atoms with Gasteiger partial charge in [-0.3, -0.25) is 0 Å². The Morgan fingerprint density at radius 3 is 0.970 bits per heavy atom. The van der Waals surface area contributed by atoms with Gasteiger partial charge in [-0.1, -0.05) is 212 Å². The first kappa shape index (κ1) is 38.7. The monoisotopic (exact) mass is 850 g/mol. The minimum absolute atomic E-state index is 0.913. The van der Waals surface area contributed by atoms with Crippen LogP contribution in [0.25, 0.3) is 132 Å². The molecule has 0 atom stereocenters. The fourth-order valence-corrected chi connectivity index (χ4v) is 10.3. The van der Waals surface area contributed by atoms with E-state index in [0.29, 0.717) is 0 Å². The minimum atomic E-state index is 0.913. The molecule has 1 heterocycles. The summed E-state index contributed by atoms with van der Waals surface area (Å²) in [6.07, 6.45) is 0. The van der Waals surface area contributed by atoms with Crippen LogP contribution in [0.1, 0.15) is 0 Å². The smallest absolute Gasteiger partial charge is 0.143 e. The summed E-state index contributed by atoms with van der Waals surface area (Å²) in [6, 6.07) is 92.7. The van der Waals surface area contributed by atoms with Crippen LogP contribution in [0, 0.1) is 0 Å². The fourth-order valence-electron chi connectivity index (χ4n) is 10.3. The zero-order chi connectivity index (χ0) is 44.3. The molecule has 0 unspecified atom stereocenters. The molecular formula is C66H42O. The molecule has 0 amide bonds. The molecule has 312 valence electrons. The van der Waals surface area contributed by atoms with Crippen LogP contribution in [0.5, 0.6) is 0 Å². The van der Waals surface area contributed by atoms with Crippen molar-refractivity contribution in [1.29, 1.82) is 0 Å². The Kier molecular flexibility index (Phi) is 9.25. The summed E-state index contributed by atoms with van der Waals surface area (Å²) in [6.45, 7) is 0. The van der Waals surface area contributed by atoms with Gasteiger partial charge in [0.2, 0.25) is 0 Å². The Balaban J connectivity index is 0.765. The van der Waals surface area contributed by atoms with Crippen molar-refractivity contribution in [3.63, 3.8) is 0 Å². The molecule has 1 aromatic heterocycles. The van der Waals surface area contributed by atoms with Crippen molar-refractivity contribution < 1.29 is 4.42 Å². The molecule has 0 aliphatic carbocycles. The van der Waals surface area contributed by atoms with E-state index in [0.717, 1.165) is 33.1 Å². The molecule has 0 saturated heterocycles. The average molecular weight is 851 g/mol. The van der Waals surface area contributed by atoms with E-state index < -0.39 is 0 Å². The van der Waals surface area contributed by atoms with Gasteiger partial charge >= 0.3 is 0 Å². The van der Waals surface area contributed by atoms with Crippen LogP contribution in [-0.2, 0) is 0 Å². The van der Waals surface area contributed by atoms with E-state index >= 15 is 0 Å². The first-order valence-corrected chi connectivity index (χ1v) is 23.1. The van der Waals surface area contributed by atoms with Gasteiger partial charge in [-0.25, -0.2) is 0 Å². The molecule has 0 saturated carbocycles. The van der Waals surface area contributed by atoms with Crippen molar-refractivity contribution in [3.05, 3.63) is 255 Å². The molecule has 67 heavy (non-hydrogen) atoms. The molecule has 0 fully saturated rings. The maximum absolute atomic E-state index is 6.40. The highest BCUT2D eigenvalue weighted by molar-refractivity contribution is 6.25. The van der Waals surface area contributed by atoms with E-state index in [-0.39, 0.29) is 0 Å². The Bertz CT molecular complexity index is 4000. The van der Waals surface area contributed by atoms with E-state index in [2.05, 4.69) is 243 Å². The molecule has 0 N–H and O–H groups in total. The molecule has 0 aliphatic heterocycles. The highest BCUT2D eigenvalue weighted by Gasteiger charge is 2.14. The first-order valence-electron chi connectivity index (χ1n) is 23.1. The molecule has 13 aromatic rings.